The van der Waals surface area contributed by atoms with Crippen LogP contribution in [0, 0.1) is 6.92 Å². The number of hydrogen-bond acceptors (Lipinski definition) is 4. The van der Waals surface area contributed by atoms with Crippen molar-refractivity contribution in [1.82, 2.24) is 0 Å². The van der Waals surface area contributed by atoms with Crippen molar-refractivity contribution in [1.29, 1.82) is 0 Å². The summed E-state index contributed by atoms with van der Waals surface area (Å²) >= 11 is 0. The van der Waals surface area contributed by atoms with Crippen molar-refractivity contribution in [3.05, 3.63) is 23.8 Å². The Morgan fingerprint density at radius 3 is 1.89 bits per heavy atom. The van der Waals surface area contributed by atoms with Crippen LogP contribution < -0.4 is 9.92 Å². The van der Waals surface area contributed by atoms with Gasteiger partial charge in [-0.05, 0) is 39.3 Å². The second kappa shape index (κ2) is 7.64. The molecule has 0 fully saturated rings. The molecule has 0 radical (unpaired) electrons. The standard InChI is InChI=1S/C14H24O4Si/c1-6-16-19(17-7-2,18-8-3)13-10-9-12(4)14(11-13)15-5/h9-11H,6-8H2,1-5H3. The van der Waals surface area contributed by atoms with Crippen molar-refractivity contribution < 1.29 is 18.0 Å². The first kappa shape index (κ1) is 16.2. The second-order valence-electron chi connectivity index (χ2n) is 4.04. The van der Waals surface area contributed by atoms with E-state index in [1.54, 1.807) is 7.11 Å². The van der Waals surface area contributed by atoms with Gasteiger partial charge in [-0.3, -0.25) is 0 Å². The molecular formula is C14H24O4Si. The zero-order chi connectivity index (χ0) is 14.3. The van der Waals surface area contributed by atoms with E-state index in [1.807, 2.05) is 45.9 Å². The maximum atomic E-state index is 5.87. The molecule has 0 aliphatic rings. The normalized spacial score (nSPS) is 11.6. The van der Waals surface area contributed by atoms with Crippen LogP contribution in [0.4, 0.5) is 0 Å². The fraction of sp³-hybridized carbons (Fsp3) is 0.571. The third-order valence-corrected chi connectivity index (χ3v) is 5.79. The Bertz CT molecular complexity index is 378. The summed E-state index contributed by atoms with van der Waals surface area (Å²) in [5, 5.41) is 0.945. The van der Waals surface area contributed by atoms with Crippen molar-refractivity contribution >= 4 is 14.0 Å². The molecule has 5 heteroatoms. The largest absolute Gasteiger partial charge is 0.537 e. The van der Waals surface area contributed by atoms with Crippen LogP contribution in [0.2, 0.25) is 0 Å². The Labute approximate surface area is 117 Å². The van der Waals surface area contributed by atoms with Gasteiger partial charge in [0, 0.05) is 25.0 Å². The third-order valence-electron chi connectivity index (χ3n) is 2.76. The number of benzene rings is 1. The Hall–Kier alpha value is -0.883. The summed E-state index contributed by atoms with van der Waals surface area (Å²) in [5.74, 6) is 0.827. The summed E-state index contributed by atoms with van der Waals surface area (Å²) in [6, 6.07) is 5.97. The van der Waals surface area contributed by atoms with E-state index in [-0.39, 0.29) is 0 Å². The van der Waals surface area contributed by atoms with Crippen molar-refractivity contribution in [3.8, 4) is 5.75 Å². The van der Waals surface area contributed by atoms with Gasteiger partial charge in [-0.15, -0.1) is 0 Å². The number of ether oxygens (including phenoxy) is 1. The van der Waals surface area contributed by atoms with Gasteiger partial charge in [0.05, 0.1) is 7.11 Å². The SMILES string of the molecule is CCO[Si](OCC)(OCC)c1ccc(C)c(OC)c1. The van der Waals surface area contributed by atoms with Crippen molar-refractivity contribution in [2.45, 2.75) is 27.7 Å². The summed E-state index contributed by atoms with van der Waals surface area (Å²) in [5.41, 5.74) is 1.08. The molecule has 1 aromatic rings. The lowest BCUT2D eigenvalue weighted by Gasteiger charge is -2.29. The van der Waals surface area contributed by atoms with Crippen molar-refractivity contribution in [2.75, 3.05) is 26.9 Å². The fourth-order valence-electron chi connectivity index (χ4n) is 1.96. The topological polar surface area (TPSA) is 36.9 Å². The molecule has 0 saturated carbocycles. The molecule has 0 N–H and O–H groups in total. The van der Waals surface area contributed by atoms with E-state index in [9.17, 15) is 0 Å². The maximum absolute atomic E-state index is 5.87. The van der Waals surface area contributed by atoms with Gasteiger partial charge in [0.2, 0.25) is 0 Å². The fourth-order valence-corrected chi connectivity index (χ4v) is 4.44. The Kier molecular flexibility index (Phi) is 6.51. The zero-order valence-electron chi connectivity index (χ0n) is 12.5. The molecule has 0 unspecified atom stereocenters. The highest BCUT2D eigenvalue weighted by atomic mass is 28.4. The van der Waals surface area contributed by atoms with Crippen LogP contribution in [0.25, 0.3) is 0 Å². The zero-order valence-corrected chi connectivity index (χ0v) is 13.5. The molecule has 0 aliphatic heterocycles. The number of rotatable bonds is 8. The van der Waals surface area contributed by atoms with Crippen LogP contribution in [0.15, 0.2) is 18.2 Å². The molecule has 0 amide bonds. The average Bonchev–Trinajstić information content (AvgIpc) is 2.40. The highest BCUT2D eigenvalue weighted by Crippen LogP contribution is 2.19. The molecule has 4 nitrogen and oxygen atoms in total. The highest BCUT2D eigenvalue weighted by Gasteiger charge is 2.43. The number of aryl methyl sites for hydroxylation is 1. The van der Waals surface area contributed by atoms with E-state index in [0.717, 1.165) is 16.5 Å². The lowest BCUT2D eigenvalue weighted by atomic mass is 10.2. The highest BCUT2D eigenvalue weighted by molar-refractivity contribution is 6.75. The van der Waals surface area contributed by atoms with E-state index < -0.39 is 8.80 Å². The minimum absolute atomic E-state index is 0.558. The minimum Gasteiger partial charge on any atom is -0.496 e. The second-order valence-corrected chi connectivity index (χ2v) is 6.60. The van der Waals surface area contributed by atoms with Crippen LogP contribution in [-0.2, 0) is 13.3 Å². The van der Waals surface area contributed by atoms with Crippen LogP contribution in [0.5, 0.6) is 5.75 Å². The molecule has 0 aliphatic carbocycles. The molecule has 0 saturated heterocycles. The van der Waals surface area contributed by atoms with Crippen LogP contribution in [0.1, 0.15) is 26.3 Å². The molecule has 108 valence electrons. The molecule has 0 bridgehead atoms. The summed E-state index contributed by atoms with van der Waals surface area (Å²) in [6.45, 7) is 9.53. The van der Waals surface area contributed by atoms with Gasteiger partial charge in [-0.25, -0.2) is 0 Å². The molecular weight excluding hydrogens is 260 g/mol. The first-order chi connectivity index (χ1) is 9.13. The van der Waals surface area contributed by atoms with E-state index in [2.05, 4.69) is 0 Å². The molecule has 1 rings (SSSR count). The average molecular weight is 284 g/mol. The third kappa shape index (κ3) is 3.79. The monoisotopic (exact) mass is 284 g/mol. The van der Waals surface area contributed by atoms with Crippen molar-refractivity contribution in [2.24, 2.45) is 0 Å². The van der Waals surface area contributed by atoms with Crippen LogP contribution in [-0.4, -0.2) is 35.7 Å². The van der Waals surface area contributed by atoms with Crippen LogP contribution in [0.3, 0.4) is 0 Å². The van der Waals surface area contributed by atoms with E-state index in [4.69, 9.17) is 18.0 Å². The number of hydrogen-bond donors (Lipinski definition) is 0. The van der Waals surface area contributed by atoms with E-state index in [1.165, 1.54) is 0 Å². The van der Waals surface area contributed by atoms with Gasteiger partial charge in [0.25, 0.3) is 0 Å². The van der Waals surface area contributed by atoms with E-state index >= 15 is 0 Å². The van der Waals surface area contributed by atoms with Crippen molar-refractivity contribution in [3.63, 3.8) is 0 Å². The smallest absolute Gasteiger partial charge is 0.496 e. The summed E-state index contributed by atoms with van der Waals surface area (Å²) in [6.07, 6.45) is 0. The van der Waals surface area contributed by atoms with Crippen LogP contribution >= 0.6 is 0 Å². The minimum atomic E-state index is -2.82. The summed E-state index contributed by atoms with van der Waals surface area (Å²) in [4.78, 5) is 0. The summed E-state index contributed by atoms with van der Waals surface area (Å²) < 4.78 is 23.0. The Balaban J connectivity index is 3.21. The molecule has 0 aromatic heterocycles. The first-order valence-electron chi connectivity index (χ1n) is 6.70. The van der Waals surface area contributed by atoms with E-state index in [0.29, 0.717) is 19.8 Å². The van der Waals surface area contributed by atoms with Gasteiger partial charge >= 0.3 is 8.80 Å². The molecule has 0 spiro atoms. The molecule has 1 aromatic carbocycles. The summed E-state index contributed by atoms with van der Waals surface area (Å²) in [7, 11) is -1.16. The lowest BCUT2D eigenvalue weighted by molar-refractivity contribution is 0.0858. The van der Waals surface area contributed by atoms with Gasteiger partial charge < -0.3 is 18.0 Å². The predicted octanol–water partition coefficient (Wildman–Crippen LogP) is 2.26. The van der Waals surface area contributed by atoms with Gasteiger partial charge in [0.15, 0.2) is 0 Å². The van der Waals surface area contributed by atoms with Gasteiger partial charge in [0.1, 0.15) is 5.75 Å². The number of methoxy groups -OCH3 is 1. The van der Waals surface area contributed by atoms with Gasteiger partial charge in [-0.2, -0.15) is 0 Å². The molecule has 19 heavy (non-hydrogen) atoms. The molecule has 0 atom stereocenters. The predicted molar refractivity (Wildman–Crippen MR) is 78.0 cm³/mol. The maximum Gasteiger partial charge on any atom is 0.537 e. The first-order valence-corrected chi connectivity index (χ1v) is 8.42. The Morgan fingerprint density at radius 2 is 1.47 bits per heavy atom. The Morgan fingerprint density at radius 1 is 0.947 bits per heavy atom. The quantitative estimate of drug-likeness (QED) is 0.686. The molecule has 0 heterocycles. The lowest BCUT2D eigenvalue weighted by Crippen LogP contribution is -2.56. The van der Waals surface area contributed by atoms with Gasteiger partial charge in [-0.1, -0.05) is 12.1 Å².